The first-order chi connectivity index (χ1) is 5.33. The first kappa shape index (κ1) is 10.4. The second-order valence-corrected chi connectivity index (χ2v) is 3.19. The van der Waals surface area contributed by atoms with Gasteiger partial charge in [-0.2, -0.15) is 0 Å². The largest absolute Gasteiger partial charge is 0.303 e. The molecule has 0 N–H and O–H groups in total. The molecule has 0 saturated carbocycles. The normalized spacial score (nSPS) is 24.2. The number of likely N-dealkylation sites (tertiary alicyclic amines) is 1. The molecule has 1 fully saturated rings. The van der Waals surface area contributed by atoms with Gasteiger partial charge in [0.25, 0.3) is 0 Å². The van der Waals surface area contributed by atoms with Gasteiger partial charge in [-0.1, -0.05) is 13.8 Å². The van der Waals surface area contributed by atoms with E-state index in [-0.39, 0.29) is 0 Å². The molecule has 0 bridgehead atoms. The summed E-state index contributed by atoms with van der Waals surface area (Å²) in [6.45, 7) is 12.1. The summed E-state index contributed by atoms with van der Waals surface area (Å²) in [6, 6.07) is 0. The second kappa shape index (κ2) is 6.18. The highest BCUT2D eigenvalue weighted by Crippen LogP contribution is 2.14. The Bertz CT molecular complexity index is 107. The Morgan fingerprint density at radius 2 is 2.18 bits per heavy atom. The summed E-state index contributed by atoms with van der Waals surface area (Å²) in [7, 11) is 0. The molecule has 11 heavy (non-hydrogen) atoms. The highest BCUT2D eigenvalue weighted by molar-refractivity contribution is 4.71. The molecule has 0 aromatic heterocycles. The van der Waals surface area contributed by atoms with Gasteiger partial charge in [-0.3, -0.25) is 0 Å². The zero-order valence-electron chi connectivity index (χ0n) is 7.58. The zero-order chi connectivity index (χ0) is 8.69. The van der Waals surface area contributed by atoms with E-state index in [0.717, 1.165) is 5.92 Å². The summed E-state index contributed by atoms with van der Waals surface area (Å²) in [6.07, 6.45) is 2.73. The van der Waals surface area contributed by atoms with Gasteiger partial charge in [0.2, 0.25) is 0 Å². The summed E-state index contributed by atoms with van der Waals surface area (Å²) < 4.78 is 0. The van der Waals surface area contributed by atoms with Gasteiger partial charge in [-0.05, 0) is 31.8 Å². The Kier molecular flexibility index (Phi) is 5.87. The zero-order valence-corrected chi connectivity index (χ0v) is 7.58. The topological polar surface area (TPSA) is 27.0 Å². The number of rotatable bonds is 2. The fraction of sp³-hybridized carbons (Fsp3) is 0.889. The second-order valence-electron chi connectivity index (χ2n) is 3.19. The molecule has 1 rings (SSSR count). The van der Waals surface area contributed by atoms with Crippen molar-refractivity contribution in [3.8, 4) is 6.57 Å². The van der Waals surface area contributed by atoms with E-state index < -0.39 is 0 Å². The van der Waals surface area contributed by atoms with Crippen LogP contribution in [0, 0.1) is 17.8 Å². The molecule has 0 amide bonds. The van der Waals surface area contributed by atoms with Crippen molar-refractivity contribution in [2.75, 3.05) is 19.6 Å². The van der Waals surface area contributed by atoms with E-state index in [1.807, 2.05) is 0 Å². The average Bonchev–Trinajstić information content (AvgIpc) is 2.41. The SMILES string of the molecule is C#N.CCCN1CCC(C)C1. The van der Waals surface area contributed by atoms with E-state index in [9.17, 15) is 0 Å². The predicted molar refractivity (Wildman–Crippen MR) is 47.2 cm³/mol. The third kappa shape index (κ3) is 4.00. The van der Waals surface area contributed by atoms with E-state index >= 15 is 0 Å². The highest BCUT2D eigenvalue weighted by Gasteiger charge is 2.16. The lowest BCUT2D eigenvalue weighted by atomic mass is 10.2. The van der Waals surface area contributed by atoms with E-state index in [1.54, 1.807) is 0 Å². The molecule has 1 heterocycles. The summed E-state index contributed by atoms with van der Waals surface area (Å²) >= 11 is 0. The minimum Gasteiger partial charge on any atom is -0.303 e. The Morgan fingerprint density at radius 1 is 1.55 bits per heavy atom. The van der Waals surface area contributed by atoms with Gasteiger partial charge in [0, 0.05) is 13.1 Å². The van der Waals surface area contributed by atoms with Crippen LogP contribution in [0.15, 0.2) is 0 Å². The quantitative estimate of drug-likeness (QED) is 0.607. The lowest BCUT2D eigenvalue weighted by molar-refractivity contribution is 0.328. The molecule has 1 aliphatic rings. The van der Waals surface area contributed by atoms with Crippen LogP contribution in [-0.2, 0) is 0 Å². The molecule has 1 aliphatic heterocycles. The molecule has 2 nitrogen and oxygen atoms in total. The van der Waals surface area contributed by atoms with Crippen LogP contribution in [0.25, 0.3) is 0 Å². The lowest BCUT2D eigenvalue weighted by Crippen LogP contribution is -2.20. The summed E-state index contributed by atoms with van der Waals surface area (Å²) in [4.78, 5) is 2.56. The van der Waals surface area contributed by atoms with Crippen molar-refractivity contribution in [3.05, 3.63) is 0 Å². The minimum atomic E-state index is 0.955. The van der Waals surface area contributed by atoms with Crippen LogP contribution in [0.5, 0.6) is 0 Å². The van der Waals surface area contributed by atoms with Crippen molar-refractivity contribution in [1.82, 2.24) is 4.90 Å². The summed E-state index contributed by atoms with van der Waals surface area (Å²) in [5, 5.41) is 6.50. The van der Waals surface area contributed by atoms with E-state index in [0.29, 0.717) is 0 Å². The number of hydrogen-bond acceptors (Lipinski definition) is 2. The van der Waals surface area contributed by atoms with Gasteiger partial charge < -0.3 is 4.90 Å². The number of nitriles is 1. The van der Waals surface area contributed by atoms with E-state index in [4.69, 9.17) is 5.26 Å². The maximum Gasteiger partial charge on any atom is 0.0462 e. The van der Waals surface area contributed by atoms with E-state index in [1.165, 1.54) is 32.5 Å². The van der Waals surface area contributed by atoms with Crippen molar-refractivity contribution in [3.63, 3.8) is 0 Å². The van der Waals surface area contributed by atoms with Crippen LogP contribution in [0.4, 0.5) is 0 Å². The highest BCUT2D eigenvalue weighted by atomic mass is 15.1. The predicted octanol–water partition coefficient (Wildman–Crippen LogP) is 1.88. The Morgan fingerprint density at radius 3 is 2.55 bits per heavy atom. The van der Waals surface area contributed by atoms with Gasteiger partial charge in [0.1, 0.15) is 0 Å². The molecule has 1 saturated heterocycles. The molecule has 0 aromatic carbocycles. The summed E-state index contributed by atoms with van der Waals surface area (Å²) in [5.41, 5.74) is 0. The molecular formula is C9H18N2. The van der Waals surface area contributed by atoms with Crippen molar-refractivity contribution in [1.29, 1.82) is 5.26 Å². The minimum absolute atomic E-state index is 0.955. The van der Waals surface area contributed by atoms with Crippen LogP contribution < -0.4 is 0 Å². The van der Waals surface area contributed by atoms with E-state index in [2.05, 4.69) is 25.3 Å². The monoisotopic (exact) mass is 154 g/mol. The molecule has 0 aromatic rings. The molecule has 1 unspecified atom stereocenters. The molecule has 64 valence electrons. The van der Waals surface area contributed by atoms with Gasteiger partial charge in [-0.25, -0.2) is 5.26 Å². The van der Waals surface area contributed by atoms with Crippen LogP contribution >= 0.6 is 0 Å². The van der Waals surface area contributed by atoms with Crippen molar-refractivity contribution >= 4 is 0 Å². The van der Waals surface area contributed by atoms with Crippen molar-refractivity contribution < 1.29 is 0 Å². The molecule has 0 aliphatic carbocycles. The fourth-order valence-corrected chi connectivity index (χ4v) is 1.55. The van der Waals surface area contributed by atoms with Gasteiger partial charge in [0.05, 0.1) is 0 Å². The molecule has 0 spiro atoms. The van der Waals surface area contributed by atoms with Gasteiger partial charge in [-0.15, -0.1) is 0 Å². The van der Waals surface area contributed by atoms with Gasteiger partial charge >= 0.3 is 0 Å². The lowest BCUT2D eigenvalue weighted by Gasteiger charge is -2.12. The van der Waals surface area contributed by atoms with Crippen LogP contribution in [0.1, 0.15) is 26.7 Å². The van der Waals surface area contributed by atoms with Crippen molar-refractivity contribution in [2.24, 2.45) is 5.92 Å². The maximum absolute atomic E-state index is 6.50. The first-order valence-corrected chi connectivity index (χ1v) is 4.31. The Balaban J connectivity index is 0.000000461. The van der Waals surface area contributed by atoms with Crippen molar-refractivity contribution in [2.45, 2.75) is 26.7 Å². The number of nitrogens with zero attached hydrogens (tertiary/aromatic N) is 2. The molecular weight excluding hydrogens is 136 g/mol. The standard InChI is InChI=1S/C8H17N.CHN/c1-3-5-9-6-4-8(2)7-9;1-2/h8H,3-7H2,1-2H3;1H. The Labute approximate surface area is 69.8 Å². The maximum atomic E-state index is 6.50. The van der Waals surface area contributed by atoms with Crippen LogP contribution in [0.3, 0.4) is 0 Å². The average molecular weight is 154 g/mol. The Hall–Kier alpha value is -0.550. The summed E-state index contributed by atoms with van der Waals surface area (Å²) in [5.74, 6) is 0.955. The molecule has 2 heteroatoms. The third-order valence-electron chi connectivity index (χ3n) is 2.05. The van der Waals surface area contributed by atoms with Crippen LogP contribution in [0.2, 0.25) is 0 Å². The third-order valence-corrected chi connectivity index (χ3v) is 2.05. The number of hydrogen-bond donors (Lipinski definition) is 0. The smallest absolute Gasteiger partial charge is 0.0462 e. The van der Waals surface area contributed by atoms with Crippen LogP contribution in [-0.4, -0.2) is 24.5 Å². The fourth-order valence-electron chi connectivity index (χ4n) is 1.55. The molecule has 1 atom stereocenters. The molecule has 0 radical (unpaired) electrons. The first-order valence-electron chi connectivity index (χ1n) is 4.31. The van der Waals surface area contributed by atoms with Gasteiger partial charge in [0.15, 0.2) is 0 Å².